The van der Waals surface area contributed by atoms with E-state index in [1.54, 1.807) is 19.1 Å². The van der Waals surface area contributed by atoms with E-state index in [1.165, 1.54) is 6.26 Å². The summed E-state index contributed by atoms with van der Waals surface area (Å²) in [6.45, 7) is 3.45. The lowest BCUT2D eigenvalue weighted by Crippen LogP contribution is -2.13. The molecule has 0 aliphatic heterocycles. The number of carbonyl (C=O) groups is 1. The van der Waals surface area contributed by atoms with Gasteiger partial charge in [-0.25, -0.2) is 0 Å². The van der Waals surface area contributed by atoms with Crippen molar-refractivity contribution in [1.29, 1.82) is 0 Å². The molecule has 102 valence electrons. The smallest absolute Gasteiger partial charge is 0.259 e. The summed E-state index contributed by atoms with van der Waals surface area (Å²) < 4.78 is 5.12. The molecule has 0 fully saturated rings. The number of aryl methyl sites for hydroxylation is 2. The molecule has 1 aromatic heterocycles. The molecule has 2 rings (SSSR count). The third-order valence-electron chi connectivity index (χ3n) is 2.83. The van der Waals surface area contributed by atoms with Crippen molar-refractivity contribution in [2.24, 2.45) is 0 Å². The average molecular weight is 269 g/mol. The molecule has 20 heavy (non-hydrogen) atoms. The molecule has 0 atom stereocenters. The van der Waals surface area contributed by atoms with Crippen LogP contribution in [0.4, 0.5) is 5.69 Å². The van der Waals surface area contributed by atoms with Crippen molar-refractivity contribution < 1.29 is 14.3 Å². The van der Waals surface area contributed by atoms with Gasteiger partial charge in [0.05, 0.1) is 17.5 Å². The quantitative estimate of drug-likeness (QED) is 0.823. The number of hydrogen-bond donors (Lipinski definition) is 2. The second-order valence-electron chi connectivity index (χ2n) is 4.35. The van der Waals surface area contributed by atoms with Crippen LogP contribution in [0.3, 0.4) is 0 Å². The summed E-state index contributed by atoms with van der Waals surface area (Å²) >= 11 is 0. The number of aliphatic hydroxyl groups is 1. The molecule has 1 aromatic carbocycles. The van der Waals surface area contributed by atoms with Gasteiger partial charge in [-0.15, -0.1) is 0 Å². The van der Waals surface area contributed by atoms with E-state index in [4.69, 9.17) is 9.52 Å². The van der Waals surface area contributed by atoms with E-state index in [-0.39, 0.29) is 12.5 Å². The van der Waals surface area contributed by atoms with Gasteiger partial charge in [-0.3, -0.25) is 4.79 Å². The average Bonchev–Trinajstić information content (AvgIpc) is 2.85. The first kappa shape index (κ1) is 13.9. The maximum absolute atomic E-state index is 12.1. The molecule has 1 amide bonds. The molecule has 0 saturated heterocycles. The van der Waals surface area contributed by atoms with E-state index in [0.717, 1.165) is 5.56 Å². The molecular weight excluding hydrogens is 254 g/mol. The Morgan fingerprint density at radius 1 is 1.35 bits per heavy atom. The molecule has 0 bridgehead atoms. The first-order valence-electron chi connectivity index (χ1n) is 6.17. The molecule has 4 heteroatoms. The summed E-state index contributed by atoms with van der Waals surface area (Å²) in [6, 6.07) is 7.17. The highest BCUT2D eigenvalue weighted by Gasteiger charge is 2.12. The third-order valence-corrected chi connectivity index (χ3v) is 2.83. The topological polar surface area (TPSA) is 62.5 Å². The van der Waals surface area contributed by atoms with Gasteiger partial charge in [0.15, 0.2) is 0 Å². The van der Waals surface area contributed by atoms with E-state index in [0.29, 0.717) is 22.6 Å². The van der Waals surface area contributed by atoms with Crippen molar-refractivity contribution in [1.82, 2.24) is 0 Å². The molecule has 2 N–H and O–H groups in total. The van der Waals surface area contributed by atoms with Crippen LogP contribution in [0.2, 0.25) is 0 Å². The number of nitrogens with one attached hydrogen (secondary N) is 1. The lowest BCUT2D eigenvalue weighted by molar-refractivity contribution is 0.102. The Morgan fingerprint density at radius 2 is 2.15 bits per heavy atom. The predicted molar refractivity (Wildman–Crippen MR) is 76.5 cm³/mol. The zero-order chi connectivity index (χ0) is 14.5. The van der Waals surface area contributed by atoms with Crippen molar-refractivity contribution in [2.45, 2.75) is 13.8 Å². The summed E-state index contributed by atoms with van der Waals surface area (Å²) in [6.07, 6.45) is 1.48. The number of amides is 1. The van der Waals surface area contributed by atoms with Gasteiger partial charge in [-0.05, 0) is 37.6 Å². The monoisotopic (exact) mass is 269 g/mol. The third kappa shape index (κ3) is 3.08. The Bertz CT molecular complexity index is 689. The van der Waals surface area contributed by atoms with Crippen molar-refractivity contribution in [2.75, 3.05) is 11.9 Å². The largest absolute Gasteiger partial charge is 0.469 e. The lowest BCUT2D eigenvalue weighted by atomic mass is 10.1. The predicted octanol–water partition coefficient (Wildman–Crippen LogP) is 2.49. The molecule has 0 aliphatic carbocycles. The number of furan rings is 1. The highest BCUT2D eigenvalue weighted by molar-refractivity contribution is 6.05. The number of carbonyl (C=O) groups excluding carboxylic acids is 1. The van der Waals surface area contributed by atoms with Gasteiger partial charge in [0, 0.05) is 5.56 Å². The fourth-order valence-electron chi connectivity index (χ4n) is 1.82. The molecule has 0 unspecified atom stereocenters. The van der Waals surface area contributed by atoms with Crippen LogP contribution >= 0.6 is 0 Å². The van der Waals surface area contributed by atoms with Gasteiger partial charge in [-0.2, -0.15) is 0 Å². The Balaban J connectivity index is 2.29. The molecule has 1 heterocycles. The van der Waals surface area contributed by atoms with E-state index in [9.17, 15) is 4.79 Å². The second kappa shape index (κ2) is 6.09. The Morgan fingerprint density at radius 3 is 2.80 bits per heavy atom. The first-order valence-corrected chi connectivity index (χ1v) is 6.17. The number of rotatable bonds is 2. The second-order valence-corrected chi connectivity index (χ2v) is 4.35. The van der Waals surface area contributed by atoms with E-state index in [2.05, 4.69) is 17.2 Å². The highest BCUT2D eigenvalue weighted by Crippen LogP contribution is 2.18. The Hall–Kier alpha value is -2.51. The van der Waals surface area contributed by atoms with Gasteiger partial charge < -0.3 is 14.8 Å². The minimum absolute atomic E-state index is 0.220. The fourth-order valence-corrected chi connectivity index (χ4v) is 1.82. The van der Waals surface area contributed by atoms with Crippen LogP contribution in [-0.2, 0) is 0 Å². The standard InChI is InChI=1S/C16H15NO3/c1-11-5-6-15(13(10-11)4-3-8-18)17-16(19)14-7-9-20-12(14)2/h5-7,9-10,18H,8H2,1-2H3,(H,17,19). The molecule has 4 nitrogen and oxygen atoms in total. The van der Waals surface area contributed by atoms with Gasteiger partial charge >= 0.3 is 0 Å². The minimum atomic E-state index is -0.243. The molecule has 0 spiro atoms. The van der Waals surface area contributed by atoms with Crippen LogP contribution in [0, 0.1) is 25.7 Å². The summed E-state index contributed by atoms with van der Waals surface area (Å²) in [5, 5.41) is 11.6. The van der Waals surface area contributed by atoms with Gasteiger partial charge in [0.2, 0.25) is 0 Å². The Kier molecular flexibility index (Phi) is 4.24. The summed E-state index contributed by atoms with van der Waals surface area (Å²) in [7, 11) is 0. The zero-order valence-corrected chi connectivity index (χ0v) is 11.4. The number of hydrogen-bond acceptors (Lipinski definition) is 3. The highest BCUT2D eigenvalue weighted by atomic mass is 16.3. The van der Waals surface area contributed by atoms with Crippen LogP contribution in [0.1, 0.15) is 27.2 Å². The number of aliphatic hydroxyl groups excluding tert-OH is 1. The van der Waals surface area contributed by atoms with E-state index < -0.39 is 0 Å². The normalized spacial score (nSPS) is 9.75. The van der Waals surface area contributed by atoms with Crippen LogP contribution in [-0.4, -0.2) is 17.6 Å². The minimum Gasteiger partial charge on any atom is -0.469 e. The maximum atomic E-state index is 12.1. The van der Waals surface area contributed by atoms with Gasteiger partial charge in [0.25, 0.3) is 5.91 Å². The van der Waals surface area contributed by atoms with Crippen molar-refractivity contribution >= 4 is 11.6 Å². The first-order chi connectivity index (χ1) is 9.61. The summed E-state index contributed by atoms with van der Waals surface area (Å²) in [5.41, 5.74) is 2.81. The van der Waals surface area contributed by atoms with Crippen molar-refractivity contribution in [3.8, 4) is 11.8 Å². The van der Waals surface area contributed by atoms with Crippen LogP contribution in [0.25, 0.3) is 0 Å². The van der Waals surface area contributed by atoms with Gasteiger partial charge in [0.1, 0.15) is 12.4 Å². The Labute approximate surface area is 117 Å². The summed E-state index contributed by atoms with van der Waals surface area (Å²) in [4.78, 5) is 12.1. The SMILES string of the molecule is Cc1ccc(NC(=O)c2ccoc2C)c(C#CCO)c1. The maximum Gasteiger partial charge on any atom is 0.259 e. The summed E-state index contributed by atoms with van der Waals surface area (Å²) in [5.74, 6) is 5.74. The molecule has 0 aliphatic rings. The molecule has 0 radical (unpaired) electrons. The lowest BCUT2D eigenvalue weighted by Gasteiger charge is -2.08. The molecule has 0 saturated carbocycles. The van der Waals surface area contributed by atoms with E-state index in [1.807, 2.05) is 19.1 Å². The fraction of sp³-hybridized carbons (Fsp3) is 0.188. The van der Waals surface area contributed by atoms with Crippen LogP contribution in [0.15, 0.2) is 34.9 Å². The number of anilines is 1. The molecule has 2 aromatic rings. The van der Waals surface area contributed by atoms with Crippen molar-refractivity contribution in [3.05, 3.63) is 53.0 Å². The van der Waals surface area contributed by atoms with Gasteiger partial charge in [-0.1, -0.05) is 17.9 Å². The van der Waals surface area contributed by atoms with E-state index >= 15 is 0 Å². The number of benzene rings is 1. The van der Waals surface area contributed by atoms with Crippen LogP contribution < -0.4 is 5.32 Å². The zero-order valence-electron chi connectivity index (χ0n) is 11.4. The molecular formula is C16H15NO3. The van der Waals surface area contributed by atoms with Crippen LogP contribution in [0.5, 0.6) is 0 Å². The van der Waals surface area contributed by atoms with Crippen molar-refractivity contribution in [3.63, 3.8) is 0 Å².